The Morgan fingerprint density at radius 1 is 1.32 bits per heavy atom. The van der Waals surface area contributed by atoms with Gasteiger partial charge in [-0.15, -0.1) is 0 Å². The van der Waals surface area contributed by atoms with E-state index >= 15 is 0 Å². The van der Waals surface area contributed by atoms with Crippen molar-refractivity contribution in [1.29, 1.82) is 0 Å². The van der Waals surface area contributed by atoms with Crippen LogP contribution in [0.2, 0.25) is 0 Å². The Kier molecular flexibility index (Phi) is 4.91. The minimum absolute atomic E-state index is 0.0570. The average Bonchev–Trinajstić information content (AvgIpc) is 2.95. The molecule has 0 amide bonds. The number of pyridine rings is 1. The molecule has 2 aromatic rings. The summed E-state index contributed by atoms with van der Waals surface area (Å²) in [6.45, 7) is 4.15. The number of hydrogen-bond donors (Lipinski definition) is 1. The van der Waals surface area contributed by atoms with Gasteiger partial charge < -0.3 is 15.4 Å². The molecule has 7 nitrogen and oxygen atoms in total. The molecule has 2 aromatic heterocycles. The van der Waals surface area contributed by atoms with Gasteiger partial charge in [0.15, 0.2) is 5.82 Å². The Balaban J connectivity index is 1.65. The molecule has 25 heavy (non-hydrogen) atoms. The molecule has 0 unspecified atom stereocenters. The van der Waals surface area contributed by atoms with Gasteiger partial charge in [-0.3, -0.25) is 0 Å². The molecular weight excluding hydrogens is 337 g/mol. The van der Waals surface area contributed by atoms with Gasteiger partial charge in [0, 0.05) is 18.8 Å². The first-order chi connectivity index (χ1) is 11.8. The molecule has 0 saturated carbocycles. The maximum atomic E-state index is 12.6. The molecule has 0 bridgehead atoms. The normalized spacial score (nSPS) is 16.0. The van der Waals surface area contributed by atoms with E-state index in [1.54, 1.807) is 4.68 Å². The number of nitrogens with zero attached hydrogens (tertiary/aromatic N) is 5. The molecule has 0 aromatic carbocycles. The van der Waals surface area contributed by atoms with Gasteiger partial charge in [-0.2, -0.15) is 18.3 Å². The van der Waals surface area contributed by atoms with Crippen molar-refractivity contribution in [2.75, 3.05) is 18.1 Å². The van der Waals surface area contributed by atoms with Gasteiger partial charge in [-0.05, 0) is 19.1 Å². The maximum absolute atomic E-state index is 12.6. The van der Waals surface area contributed by atoms with Crippen molar-refractivity contribution in [3.8, 4) is 0 Å². The van der Waals surface area contributed by atoms with E-state index in [1.165, 1.54) is 6.07 Å². The number of alkyl halides is 3. The highest BCUT2D eigenvalue weighted by molar-refractivity contribution is 5.40. The third kappa shape index (κ3) is 4.26. The molecule has 10 heteroatoms. The molecule has 1 atom stereocenters. The first-order valence-corrected chi connectivity index (χ1v) is 7.87. The molecule has 0 radical (unpaired) electrons. The maximum Gasteiger partial charge on any atom is 0.417 e. The van der Waals surface area contributed by atoms with Crippen molar-refractivity contribution < 1.29 is 17.9 Å². The van der Waals surface area contributed by atoms with Crippen molar-refractivity contribution in [3.63, 3.8) is 0 Å². The van der Waals surface area contributed by atoms with E-state index in [9.17, 15) is 13.2 Å². The molecule has 3 heterocycles. The van der Waals surface area contributed by atoms with Crippen LogP contribution in [0.1, 0.15) is 24.1 Å². The minimum Gasteiger partial charge on any atom is -0.372 e. The topological polar surface area (TPSA) is 82.1 Å². The Morgan fingerprint density at radius 2 is 2.12 bits per heavy atom. The van der Waals surface area contributed by atoms with Crippen LogP contribution in [0.15, 0.2) is 18.3 Å². The number of ether oxygens (including phenoxy) is 1. The van der Waals surface area contributed by atoms with Crippen LogP contribution in [0.3, 0.4) is 0 Å². The van der Waals surface area contributed by atoms with Crippen LogP contribution in [0.5, 0.6) is 0 Å². The van der Waals surface area contributed by atoms with Crippen LogP contribution >= 0.6 is 0 Å². The zero-order valence-electron chi connectivity index (χ0n) is 13.7. The van der Waals surface area contributed by atoms with Gasteiger partial charge in [0.1, 0.15) is 18.2 Å². The molecule has 0 fully saturated rings. The number of hydrogen-bond acceptors (Lipinski definition) is 6. The molecule has 0 aliphatic carbocycles. The Bertz CT molecular complexity index is 713. The summed E-state index contributed by atoms with van der Waals surface area (Å²) in [6, 6.07) is 2.36. The van der Waals surface area contributed by atoms with Crippen molar-refractivity contribution in [3.05, 3.63) is 35.5 Å². The lowest BCUT2D eigenvalue weighted by atomic mass is 10.2. The van der Waals surface area contributed by atoms with E-state index in [1.807, 2.05) is 11.8 Å². The van der Waals surface area contributed by atoms with Crippen LogP contribution in [0.4, 0.5) is 19.0 Å². The molecule has 1 aliphatic heterocycles. The second-order valence-corrected chi connectivity index (χ2v) is 5.98. The molecule has 0 spiro atoms. The summed E-state index contributed by atoms with van der Waals surface area (Å²) >= 11 is 0. The van der Waals surface area contributed by atoms with Gasteiger partial charge in [0.25, 0.3) is 0 Å². The third-order valence-electron chi connectivity index (χ3n) is 3.72. The van der Waals surface area contributed by atoms with Crippen molar-refractivity contribution in [1.82, 2.24) is 19.7 Å². The standard InChI is InChI=1S/C15H19F3N6O/c1-10(19)8-25-9-12-21-14-7-23(4-5-24(14)22-12)13-3-2-11(6-20-13)15(16,17)18/h2-3,6,10H,4-5,7-9,19H2,1H3/t10-/m0/s1. The zero-order chi connectivity index (χ0) is 18.0. The van der Waals surface area contributed by atoms with Crippen LogP contribution in [-0.4, -0.2) is 38.9 Å². The zero-order valence-corrected chi connectivity index (χ0v) is 13.7. The fourth-order valence-corrected chi connectivity index (χ4v) is 2.52. The second kappa shape index (κ2) is 6.96. The molecule has 1 aliphatic rings. The van der Waals surface area contributed by atoms with Gasteiger partial charge in [-0.25, -0.2) is 14.6 Å². The van der Waals surface area contributed by atoms with Crippen LogP contribution in [0, 0.1) is 0 Å². The van der Waals surface area contributed by atoms with Crippen LogP contribution < -0.4 is 10.6 Å². The highest BCUT2D eigenvalue weighted by atomic mass is 19.4. The van der Waals surface area contributed by atoms with Gasteiger partial charge in [0.05, 0.1) is 25.3 Å². The first kappa shape index (κ1) is 17.6. The minimum atomic E-state index is -4.39. The number of rotatable bonds is 5. The van der Waals surface area contributed by atoms with Crippen molar-refractivity contribution >= 4 is 5.82 Å². The lowest BCUT2D eigenvalue weighted by Gasteiger charge is -2.27. The molecule has 0 saturated heterocycles. The monoisotopic (exact) mass is 356 g/mol. The summed E-state index contributed by atoms with van der Waals surface area (Å²) < 4.78 is 45.1. The van der Waals surface area contributed by atoms with E-state index in [0.29, 0.717) is 37.9 Å². The average molecular weight is 356 g/mol. The third-order valence-corrected chi connectivity index (χ3v) is 3.72. The van der Waals surface area contributed by atoms with Gasteiger partial charge >= 0.3 is 6.18 Å². The van der Waals surface area contributed by atoms with Gasteiger partial charge in [0.2, 0.25) is 0 Å². The van der Waals surface area contributed by atoms with Crippen LogP contribution in [-0.2, 0) is 30.6 Å². The fraction of sp³-hybridized carbons (Fsp3) is 0.533. The number of anilines is 1. The fourth-order valence-electron chi connectivity index (χ4n) is 2.52. The summed E-state index contributed by atoms with van der Waals surface area (Å²) in [6.07, 6.45) is -3.54. The summed E-state index contributed by atoms with van der Waals surface area (Å²) in [5.74, 6) is 1.78. The quantitative estimate of drug-likeness (QED) is 0.876. The number of fused-ring (bicyclic) bond motifs is 1. The van der Waals surface area contributed by atoms with E-state index < -0.39 is 11.7 Å². The van der Waals surface area contributed by atoms with E-state index in [2.05, 4.69) is 15.1 Å². The Morgan fingerprint density at radius 3 is 2.76 bits per heavy atom. The predicted molar refractivity (Wildman–Crippen MR) is 83.6 cm³/mol. The highest BCUT2D eigenvalue weighted by Gasteiger charge is 2.31. The van der Waals surface area contributed by atoms with Crippen LogP contribution in [0.25, 0.3) is 0 Å². The van der Waals surface area contributed by atoms with Crippen molar-refractivity contribution in [2.24, 2.45) is 5.73 Å². The summed E-state index contributed by atoms with van der Waals surface area (Å²) in [7, 11) is 0. The van der Waals surface area contributed by atoms with E-state index in [-0.39, 0.29) is 12.6 Å². The number of nitrogens with two attached hydrogens (primary N) is 1. The van der Waals surface area contributed by atoms with Gasteiger partial charge in [-0.1, -0.05) is 0 Å². The molecule has 136 valence electrons. The lowest BCUT2D eigenvalue weighted by molar-refractivity contribution is -0.137. The Labute approximate surface area is 142 Å². The first-order valence-electron chi connectivity index (χ1n) is 7.87. The molecular formula is C15H19F3N6O. The lowest BCUT2D eigenvalue weighted by Crippen LogP contribution is -2.34. The smallest absolute Gasteiger partial charge is 0.372 e. The predicted octanol–water partition coefficient (Wildman–Crippen LogP) is 1.58. The van der Waals surface area contributed by atoms with E-state index in [0.717, 1.165) is 18.1 Å². The molecule has 3 rings (SSSR count). The summed E-state index contributed by atoms with van der Waals surface area (Å²) in [5, 5.41) is 4.37. The second-order valence-electron chi connectivity index (χ2n) is 5.98. The summed E-state index contributed by atoms with van der Waals surface area (Å²) in [4.78, 5) is 10.2. The van der Waals surface area contributed by atoms with E-state index in [4.69, 9.17) is 10.5 Å². The highest BCUT2D eigenvalue weighted by Crippen LogP contribution is 2.29. The molecule has 2 N–H and O–H groups in total. The largest absolute Gasteiger partial charge is 0.417 e. The Hall–Kier alpha value is -2.20. The van der Waals surface area contributed by atoms with Crippen molar-refractivity contribution in [2.45, 2.75) is 38.8 Å². The SMILES string of the molecule is C[C@H](N)COCc1nc2n(n1)CCN(c1ccc(C(F)(F)F)cn1)C2. The number of aromatic nitrogens is 4. The number of halogens is 3. The summed E-state index contributed by atoms with van der Waals surface area (Å²) in [5.41, 5.74) is 4.86.